The van der Waals surface area contributed by atoms with E-state index in [0.29, 0.717) is 23.7 Å². The minimum Gasteiger partial charge on any atom is -0.473 e. The molecular weight excluding hydrogens is 228 g/mol. The maximum Gasteiger partial charge on any atom is 0.228 e. The smallest absolute Gasteiger partial charge is 0.228 e. The van der Waals surface area contributed by atoms with Crippen molar-refractivity contribution in [3.8, 4) is 11.6 Å². The number of hydrogen-bond donors (Lipinski definition) is 0. The summed E-state index contributed by atoms with van der Waals surface area (Å²) in [5.74, 6) is 0.452. The van der Waals surface area contributed by atoms with Crippen molar-refractivity contribution >= 4 is 6.29 Å². The van der Waals surface area contributed by atoms with Gasteiger partial charge in [-0.15, -0.1) is 0 Å². The van der Waals surface area contributed by atoms with Gasteiger partial charge in [-0.3, -0.25) is 4.79 Å². The Kier molecular flexibility index (Phi) is 3.57. The Bertz CT molecular complexity index is 559. The molecule has 0 amide bonds. The summed E-state index contributed by atoms with van der Waals surface area (Å²) in [6, 6.07) is 9.54. The molecule has 0 atom stereocenters. The Balaban J connectivity index is 2.52. The predicted octanol–water partition coefficient (Wildman–Crippen LogP) is 2.56. The molecule has 0 aliphatic carbocycles. The average molecular weight is 242 g/mol. The Labute approximate surface area is 106 Å². The first-order valence-electron chi connectivity index (χ1n) is 5.62. The van der Waals surface area contributed by atoms with Crippen LogP contribution in [0, 0.1) is 6.92 Å². The minimum absolute atomic E-state index is 0.332. The number of hydrogen-bond acceptors (Lipinski definition) is 3. The van der Waals surface area contributed by atoms with Crippen LogP contribution in [0.2, 0.25) is 0 Å². The van der Waals surface area contributed by atoms with Gasteiger partial charge < -0.3 is 4.74 Å². The van der Waals surface area contributed by atoms with E-state index in [1.807, 2.05) is 30.3 Å². The molecule has 0 saturated heterocycles. The third-order valence-electron chi connectivity index (χ3n) is 2.52. The number of benzene rings is 1. The Hall–Kier alpha value is -2.36. The summed E-state index contributed by atoms with van der Waals surface area (Å²) in [5.41, 5.74) is 1.97. The van der Waals surface area contributed by atoms with Gasteiger partial charge in [0.15, 0.2) is 6.29 Å². The Morgan fingerprint density at radius 2 is 2.11 bits per heavy atom. The van der Waals surface area contributed by atoms with Gasteiger partial charge in [0, 0.05) is 0 Å². The van der Waals surface area contributed by atoms with Gasteiger partial charge in [-0.2, -0.15) is 5.10 Å². The van der Waals surface area contributed by atoms with Crippen LogP contribution in [0.1, 0.15) is 16.1 Å². The summed E-state index contributed by atoms with van der Waals surface area (Å²) in [7, 11) is 0. The van der Waals surface area contributed by atoms with Gasteiger partial charge in [0.25, 0.3) is 0 Å². The highest BCUT2D eigenvalue weighted by atomic mass is 16.5. The monoisotopic (exact) mass is 242 g/mol. The third-order valence-corrected chi connectivity index (χ3v) is 2.52. The largest absolute Gasteiger partial charge is 0.473 e. The van der Waals surface area contributed by atoms with Crippen molar-refractivity contribution in [2.24, 2.45) is 0 Å². The summed E-state index contributed by atoms with van der Waals surface area (Å²) < 4.78 is 7.16. The van der Waals surface area contributed by atoms with Gasteiger partial charge in [0.05, 0.1) is 16.9 Å². The second-order valence-electron chi connectivity index (χ2n) is 3.77. The van der Waals surface area contributed by atoms with E-state index in [1.54, 1.807) is 17.7 Å². The zero-order chi connectivity index (χ0) is 13.0. The van der Waals surface area contributed by atoms with E-state index in [9.17, 15) is 4.79 Å². The Morgan fingerprint density at radius 3 is 2.72 bits per heavy atom. The lowest BCUT2D eigenvalue weighted by atomic mass is 10.3. The molecular formula is C14H14N2O2. The van der Waals surface area contributed by atoms with Crippen LogP contribution in [0.15, 0.2) is 43.0 Å². The number of carbonyl (C=O) groups is 1. The maximum atomic E-state index is 11.1. The normalized spacial score (nSPS) is 10.1. The fraction of sp³-hybridized carbons (Fsp3) is 0.143. The number of ether oxygens (including phenoxy) is 1. The summed E-state index contributed by atoms with van der Waals surface area (Å²) in [6.07, 6.45) is 2.40. The zero-order valence-electron chi connectivity index (χ0n) is 10.2. The topological polar surface area (TPSA) is 44.1 Å². The SMILES string of the molecule is C=CCOc1c(C=O)c(C)nn1-c1ccccc1. The Morgan fingerprint density at radius 1 is 1.39 bits per heavy atom. The lowest BCUT2D eigenvalue weighted by Crippen LogP contribution is -2.04. The van der Waals surface area contributed by atoms with Gasteiger partial charge in [0.2, 0.25) is 5.88 Å². The molecule has 0 aliphatic rings. The highest BCUT2D eigenvalue weighted by Gasteiger charge is 2.16. The van der Waals surface area contributed by atoms with Gasteiger partial charge >= 0.3 is 0 Å². The summed E-state index contributed by atoms with van der Waals surface area (Å²) in [5, 5.41) is 4.33. The second kappa shape index (κ2) is 5.31. The molecule has 18 heavy (non-hydrogen) atoms. The van der Waals surface area contributed by atoms with Crippen LogP contribution in [-0.2, 0) is 0 Å². The molecule has 0 unspecified atom stereocenters. The van der Waals surface area contributed by atoms with Crippen LogP contribution in [0.3, 0.4) is 0 Å². The zero-order valence-corrected chi connectivity index (χ0v) is 10.2. The molecule has 4 nitrogen and oxygen atoms in total. The fourth-order valence-electron chi connectivity index (χ4n) is 1.67. The number of aldehydes is 1. The first kappa shape index (κ1) is 12.1. The standard InChI is InChI=1S/C14H14N2O2/c1-3-9-18-14-13(10-17)11(2)15-16(14)12-7-5-4-6-8-12/h3-8,10H,1,9H2,2H3. The van der Waals surface area contributed by atoms with Crippen LogP contribution < -0.4 is 4.74 Å². The van der Waals surface area contributed by atoms with Crippen molar-refractivity contribution in [2.75, 3.05) is 6.61 Å². The van der Waals surface area contributed by atoms with E-state index < -0.39 is 0 Å². The molecule has 0 N–H and O–H groups in total. The van der Waals surface area contributed by atoms with Crippen molar-refractivity contribution in [3.05, 3.63) is 54.2 Å². The highest BCUT2D eigenvalue weighted by Crippen LogP contribution is 2.24. The molecule has 0 bridgehead atoms. The number of aromatic nitrogens is 2. The lowest BCUT2D eigenvalue weighted by Gasteiger charge is -2.08. The number of carbonyl (C=O) groups excluding carboxylic acids is 1. The van der Waals surface area contributed by atoms with Crippen molar-refractivity contribution < 1.29 is 9.53 Å². The third kappa shape index (κ3) is 2.18. The molecule has 0 spiro atoms. The predicted molar refractivity (Wildman–Crippen MR) is 69.4 cm³/mol. The van der Waals surface area contributed by atoms with Crippen molar-refractivity contribution in [3.63, 3.8) is 0 Å². The molecule has 4 heteroatoms. The van der Waals surface area contributed by atoms with E-state index >= 15 is 0 Å². The molecule has 2 rings (SSSR count). The van der Waals surface area contributed by atoms with E-state index in [2.05, 4.69) is 11.7 Å². The first-order valence-corrected chi connectivity index (χ1v) is 5.62. The van der Waals surface area contributed by atoms with Crippen molar-refractivity contribution in [2.45, 2.75) is 6.92 Å². The number of aryl methyl sites for hydroxylation is 1. The summed E-state index contributed by atoms with van der Waals surface area (Å²) in [4.78, 5) is 11.1. The summed E-state index contributed by atoms with van der Waals surface area (Å²) in [6.45, 7) is 5.71. The van der Waals surface area contributed by atoms with Gasteiger partial charge in [-0.25, -0.2) is 4.68 Å². The van der Waals surface area contributed by atoms with Gasteiger partial charge in [-0.1, -0.05) is 30.9 Å². The molecule has 0 saturated carbocycles. The van der Waals surface area contributed by atoms with Crippen molar-refractivity contribution in [1.29, 1.82) is 0 Å². The van der Waals surface area contributed by atoms with Gasteiger partial charge in [0.1, 0.15) is 6.61 Å². The molecule has 0 fully saturated rings. The molecule has 1 aromatic heterocycles. The van der Waals surface area contributed by atoms with Gasteiger partial charge in [-0.05, 0) is 19.1 Å². The van der Waals surface area contributed by atoms with E-state index in [4.69, 9.17) is 4.74 Å². The van der Waals surface area contributed by atoms with Crippen LogP contribution >= 0.6 is 0 Å². The molecule has 92 valence electrons. The average Bonchev–Trinajstić information content (AvgIpc) is 2.73. The molecule has 1 heterocycles. The first-order chi connectivity index (χ1) is 8.77. The van der Waals surface area contributed by atoms with Crippen LogP contribution in [0.4, 0.5) is 0 Å². The van der Waals surface area contributed by atoms with E-state index in [1.165, 1.54) is 0 Å². The molecule has 1 aromatic carbocycles. The number of rotatable bonds is 5. The molecule has 0 radical (unpaired) electrons. The van der Waals surface area contributed by atoms with E-state index in [0.717, 1.165) is 12.0 Å². The highest BCUT2D eigenvalue weighted by molar-refractivity contribution is 5.80. The van der Waals surface area contributed by atoms with E-state index in [-0.39, 0.29) is 0 Å². The quantitative estimate of drug-likeness (QED) is 0.598. The second-order valence-corrected chi connectivity index (χ2v) is 3.77. The summed E-state index contributed by atoms with van der Waals surface area (Å²) >= 11 is 0. The number of para-hydroxylation sites is 1. The van der Waals surface area contributed by atoms with Crippen LogP contribution in [0.5, 0.6) is 5.88 Å². The van der Waals surface area contributed by atoms with Crippen LogP contribution in [-0.4, -0.2) is 22.7 Å². The number of nitrogens with zero attached hydrogens (tertiary/aromatic N) is 2. The molecule has 2 aromatic rings. The minimum atomic E-state index is 0.332. The fourth-order valence-corrected chi connectivity index (χ4v) is 1.67. The van der Waals surface area contributed by atoms with Crippen molar-refractivity contribution in [1.82, 2.24) is 9.78 Å². The maximum absolute atomic E-state index is 11.1. The molecule has 0 aliphatic heterocycles. The van der Waals surface area contributed by atoms with Crippen LogP contribution in [0.25, 0.3) is 5.69 Å². The lowest BCUT2D eigenvalue weighted by molar-refractivity contribution is 0.111.